The van der Waals surface area contributed by atoms with Crippen LogP contribution >= 0.6 is 0 Å². The number of likely N-dealkylation sites (tertiary alicyclic amines) is 1. The summed E-state index contributed by atoms with van der Waals surface area (Å²) < 4.78 is 5.13. The highest BCUT2D eigenvalue weighted by molar-refractivity contribution is 5.92. The molecule has 1 atom stereocenters. The normalized spacial score (nSPS) is 17.8. The molecule has 2 aromatic rings. The lowest BCUT2D eigenvalue weighted by Gasteiger charge is -2.16. The molecule has 1 aromatic heterocycles. The fraction of sp³-hybridized carbons (Fsp3) is 0.222. The summed E-state index contributed by atoms with van der Waals surface area (Å²) in [5.74, 6) is 0.461. The van der Waals surface area contributed by atoms with Gasteiger partial charge in [0.25, 0.3) is 0 Å². The van der Waals surface area contributed by atoms with Crippen LogP contribution in [0.3, 0.4) is 0 Å². The van der Waals surface area contributed by atoms with Crippen LogP contribution in [0, 0.1) is 0 Å². The molecule has 0 saturated carbocycles. The second-order valence-electron chi connectivity index (χ2n) is 5.52. The first-order valence-corrected chi connectivity index (χ1v) is 7.54. The Morgan fingerprint density at radius 1 is 1.26 bits per heavy atom. The van der Waals surface area contributed by atoms with Gasteiger partial charge in [0.2, 0.25) is 11.8 Å². The zero-order chi connectivity index (χ0) is 16.1. The van der Waals surface area contributed by atoms with Crippen molar-refractivity contribution in [2.45, 2.75) is 19.0 Å². The first-order chi connectivity index (χ1) is 11.2. The van der Waals surface area contributed by atoms with Crippen molar-refractivity contribution in [3.05, 3.63) is 66.1 Å². The molecule has 2 heterocycles. The zero-order valence-corrected chi connectivity index (χ0v) is 12.6. The molecule has 1 aromatic carbocycles. The summed E-state index contributed by atoms with van der Waals surface area (Å²) in [6.07, 6.45) is 4.92. The summed E-state index contributed by atoms with van der Waals surface area (Å²) in [6, 6.07) is 13.2. The Kier molecular flexibility index (Phi) is 4.57. The fourth-order valence-corrected chi connectivity index (χ4v) is 2.62. The second kappa shape index (κ2) is 6.96. The predicted molar refractivity (Wildman–Crippen MR) is 86.1 cm³/mol. The minimum Gasteiger partial charge on any atom is -0.465 e. The Balaban J connectivity index is 1.52. The number of hydrogen-bond acceptors (Lipinski definition) is 3. The fourth-order valence-electron chi connectivity index (χ4n) is 2.62. The molecule has 1 aliphatic rings. The minimum absolute atomic E-state index is 0.0640. The maximum Gasteiger partial charge on any atom is 0.244 e. The Hall–Kier alpha value is -2.82. The highest BCUT2D eigenvalue weighted by Crippen LogP contribution is 2.15. The summed E-state index contributed by atoms with van der Waals surface area (Å²) >= 11 is 0. The molecule has 1 fully saturated rings. The third-order valence-corrected chi connectivity index (χ3v) is 3.72. The van der Waals surface area contributed by atoms with Gasteiger partial charge in [-0.15, -0.1) is 0 Å². The summed E-state index contributed by atoms with van der Waals surface area (Å²) in [6.45, 7) is 1.11. The summed E-state index contributed by atoms with van der Waals surface area (Å²) in [5.41, 5.74) is 1.09. The SMILES string of the molecule is O=C(/C=C/c1ccco1)N[C@H]1CC(=O)N(Cc2ccccc2)C1. The summed E-state index contributed by atoms with van der Waals surface area (Å²) in [5, 5.41) is 2.86. The first-order valence-electron chi connectivity index (χ1n) is 7.54. The Labute approximate surface area is 134 Å². The van der Waals surface area contributed by atoms with Gasteiger partial charge in [0.1, 0.15) is 5.76 Å². The molecule has 1 saturated heterocycles. The maximum absolute atomic E-state index is 12.1. The number of benzene rings is 1. The van der Waals surface area contributed by atoms with Gasteiger partial charge in [0.15, 0.2) is 0 Å². The van der Waals surface area contributed by atoms with Gasteiger partial charge >= 0.3 is 0 Å². The van der Waals surface area contributed by atoms with Crippen molar-refractivity contribution in [1.82, 2.24) is 10.2 Å². The van der Waals surface area contributed by atoms with Crippen LogP contribution in [0.1, 0.15) is 17.7 Å². The van der Waals surface area contributed by atoms with Crippen molar-refractivity contribution in [3.8, 4) is 0 Å². The lowest BCUT2D eigenvalue weighted by molar-refractivity contribution is -0.128. The molecule has 1 aliphatic heterocycles. The molecule has 2 amide bonds. The molecule has 1 N–H and O–H groups in total. The van der Waals surface area contributed by atoms with E-state index in [1.54, 1.807) is 29.4 Å². The molecule has 0 radical (unpaired) electrons. The number of rotatable bonds is 5. The number of furan rings is 1. The van der Waals surface area contributed by atoms with E-state index in [1.165, 1.54) is 6.08 Å². The van der Waals surface area contributed by atoms with Gasteiger partial charge < -0.3 is 14.6 Å². The van der Waals surface area contributed by atoms with Crippen molar-refractivity contribution in [1.29, 1.82) is 0 Å². The number of carbonyl (C=O) groups excluding carboxylic acids is 2. The van der Waals surface area contributed by atoms with E-state index in [0.717, 1.165) is 5.56 Å². The summed E-state index contributed by atoms with van der Waals surface area (Å²) in [7, 11) is 0. The van der Waals surface area contributed by atoms with Crippen molar-refractivity contribution < 1.29 is 14.0 Å². The first kappa shape index (κ1) is 15.1. The van der Waals surface area contributed by atoms with Gasteiger partial charge in [0, 0.05) is 25.6 Å². The van der Waals surface area contributed by atoms with Crippen LogP contribution in [-0.2, 0) is 16.1 Å². The van der Waals surface area contributed by atoms with Crippen molar-refractivity contribution in [2.75, 3.05) is 6.54 Å². The topological polar surface area (TPSA) is 62.6 Å². The third kappa shape index (κ3) is 4.10. The van der Waals surface area contributed by atoms with Crippen LogP contribution in [0.5, 0.6) is 0 Å². The van der Waals surface area contributed by atoms with E-state index < -0.39 is 0 Å². The molecule has 0 unspecified atom stereocenters. The van der Waals surface area contributed by atoms with Gasteiger partial charge in [-0.25, -0.2) is 0 Å². The molecule has 3 rings (SSSR count). The van der Waals surface area contributed by atoms with Gasteiger partial charge in [-0.05, 0) is 23.8 Å². The van der Waals surface area contributed by atoms with E-state index in [9.17, 15) is 9.59 Å². The standard InChI is InChI=1S/C18H18N2O3/c21-17(9-8-16-7-4-10-23-16)19-15-11-18(22)20(13-15)12-14-5-2-1-3-6-14/h1-10,15H,11-13H2,(H,19,21)/b9-8+/t15-/m0/s1. The average molecular weight is 310 g/mol. The number of nitrogens with one attached hydrogen (secondary N) is 1. The maximum atomic E-state index is 12.1. The average Bonchev–Trinajstić information content (AvgIpc) is 3.17. The molecule has 0 bridgehead atoms. The largest absolute Gasteiger partial charge is 0.465 e. The van der Waals surface area contributed by atoms with Crippen LogP contribution in [0.25, 0.3) is 6.08 Å². The second-order valence-corrected chi connectivity index (χ2v) is 5.52. The molecule has 118 valence electrons. The molecule has 23 heavy (non-hydrogen) atoms. The quantitative estimate of drug-likeness (QED) is 0.861. The lowest BCUT2D eigenvalue weighted by atomic mass is 10.2. The van der Waals surface area contributed by atoms with Gasteiger partial charge in [0.05, 0.1) is 12.3 Å². The van der Waals surface area contributed by atoms with E-state index in [0.29, 0.717) is 25.3 Å². The van der Waals surface area contributed by atoms with Crippen LogP contribution in [-0.4, -0.2) is 29.3 Å². The van der Waals surface area contributed by atoms with Crippen molar-refractivity contribution >= 4 is 17.9 Å². The molecule has 5 heteroatoms. The van der Waals surface area contributed by atoms with Crippen LogP contribution in [0.15, 0.2) is 59.2 Å². The van der Waals surface area contributed by atoms with Crippen molar-refractivity contribution in [2.24, 2.45) is 0 Å². The van der Waals surface area contributed by atoms with E-state index >= 15 is 0 Å². The van der Waals surface area contributed by atoms with Crippen molar-refractivity contribution in [3.63, 3.8) is 0 Å². The number of amides is 2. The highest BCUT2D eigenvalue weighted by atomic mass is 16.3. The smallest absolute Gasteiger partial charge is 0.244 e. The van der Waals surface area contributed by atoms with Gasteiger partial charge in [-0.3, -0.25) is 9.59 Å². The molecule has 5 nitrogen and oxygen atoms in total. The highest BCUT2D eigenvalue weighted by Gasteiger charge is 2.30. The number of nitrogens with zero attached hydrogens (tertiary/aromatic N) is 1. The van der Waals surface area contributed by atoms with Crippen LogP contribution in [0.4, 0.5) is 0 Å². The van der Waals surface area contributed by atoms with Gasteiger partial charge in [-0.1, -0.05) is 30.3 Å². The zero-order valence-electron chi connectivity index (χ0n) is 12.6. The minimum atomic E-state index is -0.222. The van der Waals surface area contributed by atoms with E-state index in [-0.39, 0.29) is 17.9 Å². The Bertz CT molecular complexity index is 692. The van der Waals surface area contributed by atoms with E-state index in [2.05, 4.69) is 5.32 Å². The van der Waals surface area contributed by atoms with E-state index in [1.807, 2.05) is 30.3 Å². The predicted octanol–water partition coefficient (Wildman–Crippen LogP) is 2.21. The third-order valence-electron chi connectivity index (χ3n) is 3.72. The van der Waals surface area contributed by atoms with Crippen LogP contribution < -0.4 is 5.32 Å². The number of hydrogen-bond donors (Lipinski definition) is 1. The monoisotopic (exact) mass is 310 g/mol. The summed E-state index contributed by atoms with van der Waals surface area (Å²) in [4.78, 5) is 25.7. The molecular weight excluding hydrogens is 292 g/mol. The molecule has 0 aliphatic carbocycles. The Morgan fingerprint density at radius 3 is 2.83 bits per heavy atom. The van der Waals surface area contributed by atoms with Crippen LogP contribution in [0.2, 0.25) is 0 Å². The lowest BCUT2D eigenvalue weighted by Crippen LogP contribution is -2.36. The Morgan fingerprint density at radius 2 is 2.09 bits per heavy atom. The molecule has 0 spiro atoms. The van der Waals surface area contributed by atoms with E-state index in [4.69, 9.17) is 4.42 Å². The number of carbonyl (C=O) groups is 2. The van der Waals surface area contributed by atoms with Gasteiger partial charge in [-0.2, -0.15) is 0 Å². The molecular formula is C18H18N2O3.